The average Bonchev–Trinajstić information content (AvgIpc) is 3.24. The second-order valence-electron chi connectivity index (χ2n) is 15.0. The summed E-state index contributed by atoms with van der Waals surface area (Å²) in [5, 5.41) is 0. The van der Waals surface area contributed by atoms with Gasteiger partial charge in [0.1, 0.15) is 74.1 Å². The zero-order valence-electron chi connectivity index (χ0n) is 35.3. The minimum absolute atomic E-state index is 0.0595. The van der Waals surface area contributed by atoms with Gasteiger partial charge in [0, 0.05) is 75.7 Å². The highest BCUT2D eigenvalue weighted by atomic mass is 32.2. The number of ether oxygens (including phenoxy) is 6. The molecule has 3 heterocycles. The molecule has 5 aromatic carbocycles. The lowest BCUT2D eigenvalue weighted by Crippen LogP contribution is -2.38. The van der Waals surface area contributed by atoms with Gasteiger partial charge in [0.05, 0.1) is 14.7 Å². The summed E-state index contributed by atoms with van der Waals surface area (Å²) in [6.45, 7) is 4.77. The van der Waals surface area contributed by atoms with Gasteiger partial charge < -0.3 is 28.4 Å². The molecule has 0 N–H and O–H groups in total. The van der Waals surface area contributed by atoms with E-state index >= 15 is 0 Å². The third kappa shape index (κ3) is 11.6. The van der Waals surface area contributed by atoms with Gasteiger partial charge in [-0.15, -0.1) is 0 Å². The largest absolute Gasteiger partial charge is 0.492 e. The summed E-state index contributed by atoms with van der Waals surface area (Å²) in [4.78, 5) is 0.350. The van der Waals surface area contributed by atoms with Crippen molar-refractivity contribution in [1.29, 1.82) is 0 Å². The van der Waals surface area contributed by atoms with Crippen molar-refractivity contribution in [3.8, 4) is 34.5 Å². The zero-order chi connectivity index (χ0) is 44.6. The van der Waals surface area contributed by atoms with Crippen molar-refractivity contribution in [3.63, 3.8) is 0 Å². The molecule has 8 rings (SSSR count). The average molecular weight is 922 g/mol. The number of hydrogen-bond acceptors (Lipinski definition) is 12. The van der Waals surface area contributed by atoms with Crippen LogP contribution in [0, 0.1) is 20.8 Å². The Morgan fingerprint density at radius 2 is 0.492 bits per heavy atom. The van der Waals surface area contributed by atoms with Crippen LogP contribution in [0.15, 0.2) is 124 Å². The maximum absolute atomic E-state index is 14.0. The first-order chi connectivity index (χ1) is 30.2. The summed E-state index contributed by atoms with van der Waals surface area (Å²) in [6.07, 6.45) is 0. The lowest BCUT2D eigenvalue weighted by atomic mass is 10.2. The van der Waals surface area contributed by atoms with Gasteiger partial charge in [0.25, 0.3) is 0 Å². The Hall–Kier alpha value is -5.37. The van der Waals surface area contributed by atoms with Gasteiger partial charge in [-0.25, -0.2) is 25.3 Å². The summed E-state index contributed by atoms with van der Waals surface area (Å²) >= 11 is 0. The molecule has 0 spiro atoms. The van der Waals surface area contributed by atoms with Gasteiger partial charge in [-0.1, -0.05) is 53.1 Å². The first kappa shape index (κ1) is 45.6. The predicted molar refractivity (Wildman–Crippen MR) is 236 cm³/mol. The lowest BCUT2D eigenvalue weighted by molar-refractivity contribution is 0.217. The number of sulfonamides is 3. The van der Waals surface area contributed by atoms with Crippen molar-refractivity contribution in [2.75, 3.05) is 78.9 Å². The normalized spacial score (nSPS) is 17.0. The van der Waals surface area contributed by atoms with Crippen molar-refractivity contribution in [3.05, 3.63) is 126 Å². The second-order valence-corrected chi connectivity index (χ2v) is 20.8. The molecule has 0 fully saturated rings. The van der Waals surface area contributed by atoms with Crippen LogP contribution in [-0.2, 0) is 30.1 Å². The Balaban J connectivity index is 1.26. The van der Waals surface area contributed by atoms with Gasteiger partial charge >= 0.3 is 0 Å². The minimum atomic E-state index is -4.00. The van der Waals surface area contributed by atoms with Gasteiger partial charge in [-0.2, -0.15) is 12.9 Å². The highest BCUT2D eigenvalue weighted by Gasteiger charge is 2.28. The zero-order valence-corrected chi connectivity index (χ0v) is 37.8. The molecule has 0 amide bonds. The number of nitrogens with zero attached hydrogens (tertiary/aromatic N) is 3. The lowest BCUT2D eigenvalue weighted by Gasteiger charge is -2.25. The summed E-state index contributed by atoms with van der Waals surface area (Å²) in [5.41, 5.74) is 2.73. The van der Waals surface area contributed by atoms with Crippen LogP contribution in [0.1, 0.15) is 16.7 Å². The quantitative estimate of drug-likeness (QED) is 0.192. The number of rotatable bonds is 6. The SMILES string of the molecule is Cc1ccc(S(=O)(=O)N2CCOc3cc4cc(c3)OCCN(S(=O)(=O)c3ccc(C)cc3)CCOc3cc(cc(c3)OCCN(S(=O)(=O)c3ccc(C)cc3)CCO4)OCC2)cc1. The summed E-state index contributed by atoms with van der Waals surface area (Å²) in [7, 11) is -12.0. The second kappa shape index (κ2) is 20.0. The maximum atomic E-state index is 14.0. The van der Waals surface area contributed by atoms with Crippen LogP contribution in [0.2, 0.25) is 0 Å². The van der Waals surface area contributed by atoms with E-state index < -0.39 is 30.1 Å². The van der Waals surface area contributed by atoms with Crippen LogP contribution < -0.4 is 28.4 Å². The van der Waals surface area contributed by atoms with Crippen molar-refractivity contribution in [2.45, 2.75) is 35.5 Å². The monoisotopic (exact) mass is 921 g/mol. The molecule has 0 saturated heterocycles. The van der Waals surface area contributed by atoms with Crippen LogP contribution in [0.3, 0.4) is 0 Å². The van der Waals surface area contributed by atoms with E-state index in [9.17, 15) is 25.3 Å². The summed E-state index contributed by atoms with van der Waals surface area (Å²) < 4.78 is 125. The molecule has 5 aromatic rings. The highest BCUT2D eigenvalue weighted by molar-refractivity contribution is 7.89. The van der Waals surface area contributed by atoms with E-state index in [0.717, 1.165) is 16.7 Å². The maximum Gasteiger partial charge on any atom is 0.243 e. The molecule has 0 radical (unpaired) electrons. The Kier molecular flexibility index (Phi) is 14.5. The highest BCUT2D eigenvalue weighted by Crippen LogP contribution is 2.31. The fourth-order valence-electron chi connectivity index (χ4n) is 6.82. The molecule has 0 aromatic heterocycles. The topological polar surface area (TPSA) is 168 Å². The third-order valence-electron chi connectivity index (χ3n) is 10.3. The van der Waals surface area contributed by atoms with E-state index in [1.54, 1.807) is 109 Å². The molecule has 6 bridgehead atoms. The molecule has 0 aliphatic carbocycles. The van der Waals surface area contributed by atoms with Gasteiger partial charge in [-0.05, 0) is 57.2 Å². The molecule has 15 nitrogen and oxygen atoms in total. The van der Waals surface area contributed by atoms with Gasteiger partial charge in [-0.3, -0.25) is 0 Å². The minimum Gasteiger partial charge on any atom is -0.492 e. The van der Waals surface area contributed by atoms with E-state index in [4.69, 9.17) is 28.4 Å². The number of fused-ring (bicyclic) bond motifs is 18. The number of hydrogen-bond donors (Lipinski definition) is 0. The van der Waals surface area contributed by atoms with Crippen LogP contribution in [0.5, 0.6) is 34.5 Å². The molecule has 3 aliphatic heterocycles. The van der Waals surface area contributed by atoms with Crippen LogP contribution in [-0.4, -0.2) is 117 Å². The molecule has 0 saturated carbocycles. The van der Waals surface area contributed by atoms with Gasteiger partial charge in [0.2, 0.25) is 30.1 Å². The Morgan fingerprint density at radius 3 is 0.667 bits per heavy atom. The molecule has 0 atom stereocenters. The van der Waals surface area contributed by atoms with Crippen molar-refractivity contribution < 1.29 is 53.7 Å². The Morgan fingerprint density at radius 1 is 0.317 bits per heavy atom. The molecule has 63 heavy (non-hydrogen) atoms. The molecule has 336 valence electrons. The Labute approximate surface area is 369 Å². The van der Waals surface area contributed by atoms with Crippen LogP contribution in [0.25, 0.3) is 0 Å². The summed E-state index contributed by atoms with van der Waals surface area (Å²) in [5.74, 6) is 1.64. The van der Waals surface area contributed by atoms with E-state index in [-0.39, 0.29) is 128 Å². The van der Waals surface area contributed by atoms with E-state index in [0.29, 0.717) is 0 Å². The molecule has 3 aliphatic rings. The van der Waals surface area contributed by atoms with E-state index in [2.05, 4.69) is 0 Å². The standard InChI is InChI=1S/C45H51N3O12S3/c1-34-4-10-43(11-5-34)61(49,50)46-16-22-55-37-28-39-32-41(30-37)59-26-20-48(63(53,54)45-14-8-36(3)9-15-45)21-27-60-42-31-38(56-23-17-46)29-40(33-42)58-25-19-47(18-24-57-39)62(51,52)44-12-6-35(2)7-13-44/h4-15,28-33H,16-27H2,1-3H3. The van der Waals surface area contributed by atoms with Crippen molar-refractivity contribution in [2.24, 2.45) is 0 Å². The fourth-order valence-corrected chi connectivity index (χ4v) is 11.0. The number of benzene rings is 5. The van der Waals surface area contributed by atoms with Gasteiger partial charge in [0.15, 0.2) is 0 Å². The fraction of sp³-hybridized carbons (Fsp3) is 0.333. The molecular weight excluding hydrogens is 871 g/mol. The van der Waals surface area contributed by atoms with Crippen molar-refractivity contribution in [1.82, 2.24) is 12.9 Å². The molecular formula is C45H51N3O12S3. The third-order valence-corrected chi connectivity index (χ3v) is 16.1. The first-order valence-corrected chi connectivity index (χ1v) is 24.8. The first-order valence-electron chi connectivity index (χ1n) is 20.4. The Bertz CT molecular complexity index is 2290. The van der Waals surface area contributed by atoms with Crippen molar-refractivity contribution >= 4 is 30.1 Å². The smallest absolute Gasteiger partial charge is 0.243 e. The molecule has 18 heteroatoms. The predicted octanol–water partition coefficient (Wildman–Crippen LogP) is 5.68. The van der Waals surface area contributed by atoms with Crippen LogP contribution in [0.4, 0.5) is 0 Å². The van der Waals surface area contributed by atoms with Crippen LogP contribution >= 0.6 is 0 Å². The molecule has 0 unspecified atom stereocenters. The van der Waals surface area contributed by atoms with E-state index in [1.165, 1.54) is 12.9 Å². The summed E-state index contributed by atoms with van der Waals surface area (Å²) in [6, 6.07) is 29.3. The number of aryl methyl sites for hydroxylation is 3. The van der Waals surface area contributed by atoms with E-state index in [1.807, 2.05) is 20.8 Å².